The smallest absolute Gasteiger partial charge is 0.326 e. The predicted octanol–water partition coefficient (Wildman–Crippen LogP) is -6.53. The van der Waals surface area contributed by atoms with E-state index in [1.165, 1.54) is 31.2 Å². The van der Waals surface area contributed by atoms with Gasteiger partial charge in [0.25, 0.3) is 0 Å². The lowest BCUT2D eigenvalue weighted by Crippen LogP contribution is -2.60. The maximum atomic E-state index is 14.3. The first-order valence-corrected chi connectivity index (χ1v) is 27.8. The number of aromatic hydroxyl groups is 1. The summed E-state index contributed by atoms with van der Waals surface area (Å²) in [6.07, 6.45) is -2.94. The number of phenols is 1. The van der Waals surface area contributed by atoms with Gasteiger partial charge in [0.1, 0.15) is 54.1 Å². The minimum Gasteiger partial charge on any atom is -0.508 e. The number of carboxylic acid groups (broad SMARTS) is 2. The van der Waals surface area contributed by atoms with Crippen LogP contribution in [0.1, 0.15) is 104 Å². The molecule has 0 aromatic heterocycles. The molecule has 0 bridgehead atoms. The minimum absolute atomic E-state index is 0.00130. The highest BCUT2D eigenvalue weighted by Crippen LogP contribution is 2.14. The number of hydrogen-bond donors (Lipinski definition) is 20. The summed E-state index contributed by atoms with van der Waals surface area (Å²) in [7, 11) is 0. The molecule has 0 aliphatic heterocycles. The monoisotopic (exact) mass is 1220 g/mol. The number of aliphatic imine (C=N–C) groups is 3. The molecule has 27 N–H and O–H groups in total. The van der Waals surface area contributed by atoms with Crippen molar-refractivity contribution in [1.29, 1.82) is 0 Å². The summed E-state index contributed by atoms with van der Waals surface area (Å²) in [5.74, 6) is -12.5. The van der Waals surface area contributed by atoms with E-state index in [9.17, 15) is 73.2 Å². The van der Waals surface area contributed by atoms with Crippen LogP contribution in [0.25, 0.3) is 0 Å². The largest absolute Gasteiger partial charge is 0.508 e. The molecule has 9 amide bonds. The maximum Gasteiger partial charge on any atom is 0.326 e. The van der Waals surface area contributed by atoms with Crippen LogP contribution in [-0.4, -0.2) is 191 Å². The van der Waals surface area contributed by atoms with Crippen molar-refractivity contribution in [2.24, 2.45) is 66.9 Å². The third kappa shape index (κ3) is 31.5. The van der Waals surface area contributed by atoms with Crippen LogP contribution in [0.5, 0.6) is 5.75 Å². The molecule has 34 nitrogen and oxygen atoms in total. The molecule has 9 atom stereocenters. The van der Waals surface area contributed by atoms with Crippen LogP contribution in [0.3, 0.4) is 0 Å². The number of aliphatic hydroxyl groups excluding tert-OH is 1. The maximum absolute atomic E-state index is 14.3. The molecule has 0 saturated carbocycles. The number of phenolic OH excluding ortho intramolecular Hbond substituents is 1. The lowest BCUT2D eigenvalue weighted by Gasteiger charge is -2.28. The van der Waals surface area contributed by atoms with Crippen LogP contribution in [0.2, 0.25) is 0 Å². The first-order chi connectivity index (χ1) is 40.3. The molecule has 482 valence electrons. The van der Waals surface area contributed by atoms with E-state index in [4.69, 9.17) is 40.1 Å². The summed E-state index contributed by atoms with van der Waals surface area (Å²) in [6.45, 7) is 6.85. The van der Waals surface area contributed by atoms with Gasteiger partial charge in [0, 0.05) is 32.5 Å². The second kappa shape index (κ2) is 39.5. The molecule has 86 heavy (non-hydrogen) atoms. The molecular weight excluding hydrogens is 1130 g/mol. The fourth-order valence-electron chi connectivity index (χ4n) is 8.12. The van der Waals surface area contributed by atoms with Gasteiger partial charge in [-0.3, -0.25) is 62.9 Å². The van der Waals surface area contributed by atoms with Gasteiger partial charge in [0.15, 0.2) is 17.9 Å². The van der Waals surface area contributed by atoms with Crippen molar-refractivity contribution in [3.8, 4) is 5.75 Å². The van der Waals surface area contributed by atoms with E-state index in [1.807, 2.05) is 0 Å². The molecule has 0 spiro atoms. The van der Waals surface area contributed by atoms with Crippen molar-refractivity contribution in [3.63, 3.8) is 0 Å². The Hall–Kier alpha value is -9.08. The first kappa shape index (κ1) is 74.9. The van der Waals surface area contributed by atoms with Crippen LogP contribution >= 0.6 is 0 Å². The van der Waals surface area contributed by atoms with Crippen LogP contribution in [-0.2, 0) is 59.2 Å². The molecule has 0 fully saturated rings. The van der Waals surface area contributed by atoms with Crippen LogP contribution in [0.4, 0.5) is 0 Å². The molecule has 0 aliphatic carbocycles. The Morgan fingerprint density at radius 3 is 1.27 bits per heavy atom. The van der Waals surface area contributed by atoms with Crippen molar-refractivity contribution in [3.05, 3.63) is 29.8 Å². The quantitative estimate of drug-likeness (QED) is 0.0165. The Balaban J connectivity index is 3.50. The number of carboxylic acids is 2. The zero-order valence-electron chi connectivity index (χ0n) is 49.1. The zero-order chi connectivity index (χ0) is 65.2. The summed E-state index contributed by atoms with van der Waals surface area (Å²) in [4.78, 5) is 159. The molecule has 0 radical (unpaired) electrons. The van der Waals surface area contributed by atoms with E-state index < -0.39 is 145 Å². The van der Waals surface area contributed by atoms with Gasteiger partial charge < -0.3 is 108 Å². The standard InChI is InChI=1S/C52H89N19O15/c1-26(2)21-35(64-39(75)25-63-42(78)33(16-17-40(76)77)67-47(83)37(23-29-12-14-30(73)15-13-29)70-48(84)41(28(5)72)71-38(74)24-53)45(81)69-36(22-27(3)4)46(82)66-31(9-6-18-60-50(54)55)43(79)65-32(10-7-19-61-51(56)57)44(80)68-34(49(85)86)11-8-20-62-52(58)59/h12-15,26-28,31-37,41,72-73H,6-11,16-25,53H2,1-5H3,(H,63,78)(H,64,75)(H,65,79)(H,66,82)(H,67,83)(H,68,80)(H,69,81)(H,70,84)(H,71,74)(H,76,77)(H,85,86)(H4,54,55,60)(H4,56,57,61)(H4,58,59,62)/t28-,31+,32+,33+,34+,35+,36+,37+,41+/m1/s1. The van der Waals surface area contributed by atoms with Gasteiger partial charge in [0.2, 0.25) is 53.2 Å². The molecule has 34 heteroatoms. The van der Waals surface area contributed by atoms with Gasteiger partial charge >= 0.3 is 11.9 Å². The topological polar surface area (TPSA) is 596 Å². The van der Waals surface area contributed by atoms with Gasteiger partial charge in [-0.15, -0.1) is 0 Å². The Labute approximate surface area is 497 Å². The number of amides is 9. The van der Waals surface area contributed by atoms with Gasteiger partial charge in [-0.1, -0.05) is 39.8 Å². The first-order valence-electron chi connectivity index (χ1n) is 27.8. The van der Waals surface area contributed by atoms with Crippen LogP contribution in [0.15, 0.2) is 39.2 Å². The van der Waals surface area contributed by atoms with Gasteiger partial charge in [-0.2, -0.15) is 0 Å². The van der Waals surface area contributed by atoms with Crippen molar-refractivity contribution in [1.82, 2.24) is 47.9 Å². The third-order valence-electron chi connectivity index (χ3n) is 12.4. The number of guanidine groups is 3. The van der Waals surface area contributed by atoms with Crippen LogP contribution in [0, 0.1) is 11.8 Å². The van der Waals surface area contributed by atoms with Crippen molar-refractivity contribution < 1.29 is 73.2 Å². The molecule has 1 rings (SSSR count). The third-order valence-corrected chi connectivity index (χ3v) is 12.4. The molecule has 1 aromatic rings. The normalized spacial score (nSPS) is 14.1. The highest BCUT2D eigenvalue weighted by atomic mass is 16.4. The van der Waals surface area contributed by atoms with Gasteiger partial charge in [-0.05, 0) is 94.2 Å². The summed E-state index contributed by atoms with van der Waals surface area (Å²) in [6, 6.07) is -6.32. The van der Waals surface area contributed by atoms with E-state index in [1.54, 1.807) is 27.7 Å². The van der Waals surface area contributed by atoms with E-state index in [-0.39, 0.29) is 113 Å². The van der Waals surface area contributed by atoms with Crippen molar-refractivity contribution >= 4 is 83.0 Å². The number of carbonyl (C=O) groups excluding carboxylic acids is 9. The molecule has 0 unspecified atom stereocenters. The van der Waals surface area contributed by atoms with Crippen LogP contribution < -0.4 is 88.0 Å². The fraction of sp³-hybridized carbons (Fsp3) is 0.615. The summed E-state index contributed by atoms with van der Waals surface area (Å²) >= 11 is 0. The Kier molecular flexibility index (Phi) is 34.4. The minimum atomic E-state index is -1.65. The number of nitrogens with zero attached hydrogens (tertiary/aromatic N) is 3. The highest BCUT2D eigenvalue weighted by molar-refractivity contribution is 5.98. The molecule has 0 aliphatic rings. The van der Waals surface area contributed by atoms with Gasteiger partial charge in [0.05, 0.1) is 19.2 Å². The summed E-state index contributed by atoms with van der Waals surface area (Å²) in [5.41, 5.74) is 38.4. The Morgan fingerprint density at radius 2 is 0.860 bits per heavy atom. The average Bonchev–Trinajstić information content (AvgIpc) is 3.49. The number of aliphatic hydroxyl groups is 1. The SMILES string of the molecule is CC(C)C[C@H](NC(=O)CNC(=O)[C@H](CCC(=O)O)NC(=O)[C@H](Cc1ccc(O)cc1)NC(=O)[C@@H](NC(=O)CN)[C@@H](C)O)C(=O)N[C@@H](CC(C)C)C(=O)N[C@@H](CCCN=C(N)N)C(=O)N[C@@H](CCCN=C(N)N)C(=O)N[C@@H](CCCN=C(N)N)C(=O)O. The van der Waals surface area contributed by atoms with E-state index in [0.717, 1.165) is 0 Å². The van der Waals surface area contributed by atoms with E-state index >= 15 is 0 Å². The van der Waals surface area contributed by atoms with Crippen molar-refractivity contribution in [2.45, 2.75) is 160 Å². The highest BCUT2D eigenvalue weighted by Gasteiger charge is 2.35. The fourth-order valence-corrected chi connectivity index (χ4v) is 8.12. The molecule has 1 aromatic carbocycles. The number of carbonyl (C=O) groups is 11. The second-order valence-corrected chi connectivity index (χ2v) is 20.9. The average molecular weight is 1220 g/mol. The lowest BCUT2D eigenvalue weighted by atomic mass is 9.99. The summed E-state index contributed by atoms with van der Waals surface area (Å²) < 4.78 is 0. The number of rotatable bonds is 41. The Morgan fingerprint density at radius 1 is 0.477 bits per heavy atom. The molecule has 0 heterocycles. The molecular formula is C52H89N19O15. The second-order valence-electron chi connectivity index (χ2n) is 20.9. The number of nitrogens with one attached hydrogen (secondary N) is 9. The van der Waals surface area contributed by atoms with Gasteiger partial charge in [-0.25, -0.2) is 4.79 Å². The number of benzene rings is 1. The zero-order valence-corrected chi connectivity index (χ0v) is 49.1. The summed E-state index contributed by atoms with van der Waals surface area (Å²) in [5, 5.41) is 61.7. The Bertz CT molecular complexity index is 2520. The molecule has 0 saturated heterocycles. The van der Waals surface area contributed by atoms with E-state index in [2.05, 4.69) is 62.8 Å². The predicted molar refractivity (Wildman–Crippen MR) is 314 cm³/mol. The lowest BCUT2D eigenvalue weighted by molar-refractivity contribution is -0.142. The number of aliphatic carboxylic acids is 2. The van der Waals surface area contributed by atoms with E-state index in [0.29, 0.717) is 5.56 Å². The van der Waals surface area contributed by atoms with Crippen molar-refractivity contribution in [2.75, 3.05) is 32.7 Å². The number of nitrogens with two attached hydrogens (primary N) is 7. The number of hydrogen-bond acceptors (Lipinski definition) is 17.